The lowest BCUT2D eigenvalue weighted by atomic mass is 10.1. The number of methoxy groups -OCH3 is 1. The van der Waals surface area contributed by atoms with Crippen LogP contribution in [0.5, 0.6) is 11.5 Å². The van der Waals surface area contributed by atoms with Gasteiger partial charge in [0.2, 0.25) is 5.91 Å². The number of nitrogens with one attached hydrogen (secondary N) is 1. The molecule has 0 aromatic heterocycles. The molecule has 0 saturated heterocycles. The van der Waals surface area contributed by atoms with E-state index in [9.17, 15) is 9.90 Å². The number of amides is 1. The normalized spacial score (nSPS) is 10.1. The summed E-state index contributed by atoms with van der Waals surface area (Å²) in [6, 6.07) is 14.6. The van der Waals surface area contributed by atoms with Gasteiger partial charge in [-0.15, -0.1) is 0 Å². The number of aromatic hydroxyl groups is 1. The number of benzene rings is 2. The molecule has 4 nitrogen and oxygen atoms in total. The summed E-state index contributed by atoms with van der Waals surface area (Å²) in [5.41, 5.74) is 1.72. The number of aryl methyl sites for hydroxylation is 1. The number of rotatable bonds is 6. The predicted molar refractivity (Wildman–Crippen MR) is 81.3 cm³/mol. The summed E-state index contributed by atoms with van der Waals surface area (Å²) in [5.74, 6) is 0.942. The number of phenolic OH excluding ortho intramolecular Hbond substituents is 1. The molecule has 0 aliphatic carbocycles. The van der Waals surface area contributed by atoms with E-state index in [1.54, 1.807) is 19.2 Å². The SMILES string of the molecule is COc1ccccc1CNC(=O)CCc1ccccc1O. The molecule has 1 amide bonds. The lowest BCUT2D eigenvalue weighted by Crippen LogP contribution is -2.23. The smallest absolute Gasteiger partial charge is 0.220 e. The van der Waals surface area contributed by atoms with Gasteiger partial charge in [-0.25, -0.2) is 0 Å². The summed E-state index contributed by atoms with van der Waals surface area (Å²) in [5, 5.41) is 12.5. The molecule has 0 radical (unpaired) electrons. The zero-order chi connectivity index (χ0) is 15.1. The van der Waals surface area contributed by atoms with Gasteiger partial charge < -0.3 is 15.2 Å². The van der Waals surface area contributed by atoms with Crippen molar-refractivity contribution >= 4 is 5.91 Å². The molecule has 2 N–H and O–H groups in total. The Balaban J connectivity index is 1.84. The highest BCUT2D eigenvalue weighted by Gasteiger charge is 2.07. The molecular formula is C17H19NO3. The van der Waals surface area contributed by atoms with Crippen LogP contribution in [0.3, 0.4) is 0 Å². The fraction of sp³-hybridized carbons (Fsp3) is 0.235. The molecule has 2 rings (SSSR count). The largest absolute Gasteiger partial charge is 0.508 e. The Bertz CT molecular complexity index is 610. The van der Waals surface area contributed by atoms with Crippen LogP contribution < -0.4 is 10.1 Å². The fourth-order valence-electron chi connectivity index (χ4n) is 2.10. The zero-order valence-corrected chi connectivity index (χ0v) is 12.0. The van der Waals surface area contributed by atoms with E-state index in [1.165, 1.54) is 0 Å². The maximum absolute atomic E-state index is 11.9. The van der Waals surface area contributed by atoms with Crippen LogP contribution in [0.1, 0.15) is 17.5 Å². The zero-order valence-electron chi connectivity index (χ0n) is 12.0. The van der Waals surface area contributed by atoms with Gasteiger partial charge in [-0.05, 0) is 24.1 Å². The Morgan fingerprint density at radius 1 is 1.10 bits per heavy atom. The van der Waals surface area contributed by atoms with Crippen molar-refractivity contribution in [2.45, 2.75) is 19.4 Å². The van der Waals surface area contributed by atoms with Crippen molar-refractivity contribution in [2.75, 3.05) is 7.11 Å². The van der Waals surface area contributed by atoms with Crippen LogP contribution >= 0.6 is 0 Å². The van der Waals surface area contributed by atoms with E-state index in [4.69, 9.17) is 4.74 Å². The molecule has 110 valence electrons. The number of hydrogen-bond donors (Lipinski definition) is 2. The van der Waals surface area contributed by atoms with Gasteiger partial charge >= 0.3 is 0 Å². The summed E-state index contributed by atoms with van der Waals surface area (Å²) in [6.45, 7) is 0.434. The molecule has 0 fully saturated rings. The number of carbonyl (C=O) groups is 1. The van der Waals surface area contributed by atoms with Crippen LogP contribution in [0, 0.1) is 0 Å². The molecule has 0 spiro atoms. The van der Waals surface area contributed by atoms with Crippen LogP contribution in [0.2, 0.25) is 0 Å². The number of ether oxygens (including phenoxy) is 1. The van der Waals surface area contributed by atoms with Gasteiger partial charge in [-0.1, -0.05) is 36.4 Å². The first-order valence-corrected chi connectivity index (χ1v) is 6.86. The number of phenols is 1. The minimum atomic E-state index is -0.0517. The summed E-state index contributed by atoms with van der Waals surface area (Å²) >= 11 is 0. The monoisotopic (exact) mass is 285 g/mol. The van der Waals surface area contributed by atoms with E-state index >= 15 is 0 Å². The van der Waals surface area contributed by atoms with Gasteiger partial charge in [0.15, 0.2) is 0 Å². The highest BCUT2D eigenvalue weighted by molar-refractivity contribution is 5.76. The third-order valence-corrected chi connectivity index (χ3v) is 3.28. The van der Waals surface area contributed by atoms with E-state index < -0.39 is 0 Å². The van der Waals surface area contributed by atoms with Crippen molar-refractivity contribution in [3.05, 3.63) is 59.7 Å². The van der Waals surface area contributed by atoms with E-state index in [0.29, 0.717) is 19.4 Å². The van der Waals surface area contributed by atoms with Crippen molar-refractivity contribution in [1.82, 2.24) is 5.32 Å². The van der Waals surface area contributed by atoms with E-state index in [2.05, 4.69) is 5.32 Å². The third kappa shape index (κ3) is 4.24. The lowest BCUT2D eigenvalue weighted by molar-refractivity contribution is -0.121. The molecule has 0 bridgehead atoms. The maximum Gasteiger partial charge on any atom is 0.220 e. The van der Waals surface area contributed by atoms with Crippen molar-refractivity contribution in [2.24, 2.45) is 0 Å². The van der Waals surface area contributed by atoms with Crippen molar-refractivity contribution in [3.8, 4) is 11.5 Å². The Morgan fingerprint density at radius 3 is 2.48 bits per heavy atom. The van der Waals surface area contributed by atoms with Crippen molar-refractivity contribution in [3.63, 3.8) is 0 Å². The Labute approximate surface area is 124 Å². The molecule has 0 atom stereocenters. The predicted octanol–water partition coefficient (Wildman–Crippen LogP) is 2.65. The molecule has 0 heterocycles. The summed E-state index contributed by atoms with van der Waals surface area (Å²) in [7, 11) is 1.61. The molecule has 0 saturated carbocycles. The molecule has 0 aliphatic rings. The molecule has 0 aliphatic heterocycles. The van der Waals surface area contributed by atoms with Crippen molar-refractivity contribution in [1.29, 1.82) is 0 Å². The summed E-state index contributed by atoms with van der Waals surface area (Å²) < 4.78 is 5.24. The van der Waals surface area contributed by atoms with Gasteiger partial charge in [0.25, 0.3) is 0 Å². The molecule has 4 heteroatoms. The molecule has 2 aromatic rings. The second kappa shape index (κ2) is 7.33. The minimum Gasteiger partial charge on any atom is -0.508 e. The molecular weight excluding hydrogens is 266 g/mol. The average Bonchev–Trinajstić information content (AvgIpc) is 2.52. The topological polar surface area (TPSA) is 58.6 Å². The van der Waals surface area contributed by atoms with E-state index in [0.717, 1.165) is 16.9 Å². The highest BCUT2D eigenvalue weighted by Crippen LogP contribution is 2.18. The quantitative estimate of drug-likeness (QED) is 0.858. The van der Waals surface area contributed by atoms with E-state index in [-0.39, 0.29) is 11.7 Å². The minimum absolute atomic E-state index is 0.0517. The maximum atomic E-state index is 11.9. The molecule has 21 heavy (non-hydrogen) atoms. The summed E-state index contributed by atoms with van der Waals surface area (Å²) in [6.07, 6.45) is 0.858. The number of para-hydroxylation sites is 2. The fourth-order valence-corrected chi connectivity index (χ4v) is 2.10. The first kappa shape index (κ1) is 14.9. The van der Waals surface area contributed by atoms with Crippen LogP contribution in [0.4, 0.5) is 0 Å². The second-order valence-corrected chi connectivity index (χ2v) is 4.72. The first-order chi connectivity index (χ1) is 10.2. The standard InChI is InChI=1S/C17H19NO3/c1-21-16-9-5-3-7-14(16)12-18-17(20)11-10-13-6-2-4-8-15(13)19/h2-9,19H,10-12H2,1H3,(H,18,20). The average molecular weight is 285 g/mol. The number of hydrogen-bond acceptors (Lipinski definition) is 3. The van der Waals surface area contributed by atoms with Gasteiger partial charge in [0.05, 0.1) is 7.11 Å². The highest BCUT2D eigenvalue weighted by atomic mass is 16.5. The second-order valence-electron chi connectivity index (χ2n) is 4.72. The van der Waals surface area contributed by atoms with Crippen LogP contribution in [-0.4, -0.2) is 18.1 Å². The summed E-state index contributed by atoms with van der Waals surface area (Å²) in [4.78, 5) is 11.9. The Morgan fingerprint density at radius 2 is 1.76 bits per heavy atom. The van der Waals surface area contributed by atoms with Gasteiger partial charge in [0.1, 0.15) is 11.5 Å². The van der Waals surface area contributed by atoms with Gasteiger partial charge in [-0.2, -0.15) is 0 Å². The Kier molecular flexibility index (Phi) is 5.21. The lowest BCUT2D eigenvalue weighted by Gasteiger charge is -2.09. The van der Waals surface area contributed by atoms with Crippen molar-refractivity contribution < 1.29 is 14.6 Å². The van der Waals surface area contributed by atoms with Gasteiger partial charge in [-0.3, -0.25) is 4.79 Å². The third-order valence-electron chi connectivity index (χ3n) is 3.28. The van der Waals surface area contributed by atoms with Crippen LogP contribution in [0.15, 0.2) is 48.5 Å². The van der Waals surface area contributed by atoms with Gasteiger partial charge in [0, 0.05) is 18.5 Å². The molecule has 2 aromatic carbocycles. The first-order valence-electron chi connectivity index (χ1n) is 6.86. The Hall–Kier alpha value is -2.49. The van der Waals surface area contributed by atoms with Crippen LogP contribution in [0.25, 0.3) is 0 Å². The van der Waals surface area contributed by atoms with Crippen LogP contribution in [-0.2, 0) is 17.8 Å². The molecule has 0 unspecified atom stereocenters. The van der Waals surface area contributed by atoms with E-state index in [1.807, 2.05) is 36.4 Å². The number of carbonyl (C=O) groups excluding carboxylic acids is 1.